The maximum Gasteiger partial charge on any atom is 0.331 e. The predicted molar refractivity (Wildman–Crippen MR) is 200 cm³/mol. The number of aromatic hydroxyl groups is 1. The molecule has 318 valence electrons. The van der Waals surface area contributed by atoms with Crippen LogP contribution in [0.15, 0.2) is 26.6 Å². The highest BCUT2D eigenvalue weighted by Gasteiger charge is 2.54. The minimum Gasteiger partial charge on any atom is -0.493 e. The number of ether oxygens (including phenoxy) is 3. The lowest BCUT2D eigenvalue weighted by Crippen LogP contribution is -2.60. The van der Waals surface area contributed by atoms with E-state index in [-0.39, 0.29) is 18.8 Å². The summed E-state index contributed by atoms with van der Waals surface area (Å²) in [5, 5.41) is 68.9. The summed E-state index contributed by atoms with van der Waals surface area (Å²) in [6, 6.07) is -0.539. The molecule has 0 aromatic carbocycles. The second-order valence-corrected chi connectivity index (χ2v) is 14.7. The van der Waals surface area contributed by atoms with Crippen molar-refractivity contribution in [1.82, 2.24) is 28.9 Å². The van der Waals surface area contributed by atoms with Crippen LogP contribution in [-0.2, 0) is 32.6 Å². The van der Waals surface area contributed by atoms with Crippen molar-refractivity contribution < 1.29 is 49.6 Å². The molecule has 0 spiro atoms. The number of aromatic amines is 1. The van der Waals surface area contributed by atoms with Crippen molar-refractivity contribution in [1.29, 1.82) is 0 Å². The normalized spacial score (nSPS) is 26.8. The van der Waals surface area contributed by atoms with Crippen molar-refractivity contribution in [2.45, 2.75) is 145 Å². The highest BCUT2D eigenvalue weighted by Crippen LogP contribution is 2.36. The van der Waals surface area contributed by atoms with E-state index in [0.717, 1.165) is 47.1 Å². The Labute approximate surface area is 324 Å². The summed E-state index contributed by atoms with van der Waals surface area (Å²) in [6.45, 7) is 1.78. The average molecular weight is 800 g/mol. The number of hydrogen-bond acceptors (Lipinski definition) is 15. The number of rotatable bonds is 22. The van der Waals surface area contributed by atoms with Crippen LogP contribution < -0.4 is 28.0 Å². The summed E-state index contributed by atoms with van der Waals surface area (Å²) < 4.78 is 20.9. The third-order valence-electron chi connectivity index (χ3n) is 10.7. The maximum absolute atomic E-state index is 13.7. The van der Waals surface area contributed by atoms with Gasteiger partial charge in [-0.25, -0.2) is 9.59 Å². The third kappa shape index (κ3) is 10.3. The quantitative estimate of drug-likeness (QED) is 0.0575. The van der Waals surface area contributed by atoms with Gasteiger partial charge in [0.25, 0.3) is 5.56 Å². The van der Waals surface area contributed by atoms with E-state index in [4.69, 9.17) is 19.9 Å². The molecule has 20 nitrogen and oxygen atoms in total. The fourth-order valence-corrected chi connectivity index (χ4v) is 7.54. The van der Waals surface area contributed by atoms with Crippen LogP contribution >= 0.6 is 0 Å². The molecule has 2 fully saturated rings. The molecule has 0 radical (unpaired) electrons. The predicted octanol–water partition coefficient (Wildman–Crippen LogP) is -2.15. The Kier molecular flexibility index (Phi) is 16.8. The van der Waals surface area contributed by atoms with E-state index in [1.54, 1.807) is 0 Å². The lowest BCUT2D eigenvalue weighted by atomic mass is 9.97. The molecule has 20 heteroatoms. The van der Waals surface area contributed by atoms with Gasteiger partial charge in [0.05, 0.1) is 0 Å². The highest BCUT2D eigenvalue weighted by atomic mass is 16.7. The first-order valence-corrected chi connectivity index (χ1v) is 19.5. The fraction of sp³-hybridized carbons (Fsp3) is 0.778. The van der Waals surface area contributed by atoms with Crippen molar-refractivity contribution in [3.8, 4) is 5.88 Å². The number of carbonyl (C=O) groups is 1. The van der Waals surface area contributed by atoms with Crippen LogP contribution in [0.4, 0.5) is 0 Å². The topological polar surface area (TPSA) is 289 Å². The van der Waals surface area contributed by atoms with Crippen molar-refractivity contribution in [3.63, 3.8) is 0 Å². The number of aliphatic hydroxyl groups excluding tert-OH is 5. The molecule has 2 aromatic rings. The van der Waals surface area contributed by atoms with Gasteiger partial charge < -0.3 is 55.9 Å². The van der Waals surface area contributed by atoms with Crippen LogP contribution in [0.25, 0.3) is 0 Å². The van der Waals surface area contributed by atoms with Gasteiger partial charge in [0, 0.05) is 46.0 Å². The minimum atomic E-state index is -1.85. The Balaban J connectivity index is 1.56. The van der Waals surface area contributed by atoms with Crippen molar-refractivity contribution in [3.05, 3.63) is 49.3 Å². The lowest BCUT2D eigenvalue weighted by Gasteiger charge is -2.38. The van der Waals surface area contributed by atoms with Gasteiger partial charge in [0.15, 0.2) is 12.5 Å². The fourth-order valence-electron chi connectivity index (χ4n) is 7.54. The summed E-state index contributed by atoms with van der Waals surface area (Å²) in [4.78, 5) is 54.6. The van der Waals surface area contributed by atoms with Crippen LogP contribution in [0.3, 0.4) is 0 Å². The maximum atomic E-state index is 13.7. The molecule has 4 rings (SSSR count). The van der Waals surface area contributed by atoms with Gasteiger partial charge in [-0.2, -0.15) is 0 Å². The first kappa shape index (κ1) is 45.3. The largest absolute Gasteiger partial charge is 0.493 e. The summed E-state index contributed by atoms with van der Waals surface area (Å²) in [5.74, 6) is -1.20. The van der Waals surface area contributed by atoms with E-state index in [2.05, 4.69) is 12.2 Å². The molecule has 8 unspecified atom stereocenters. The van der Waals surface area contributed by atoms with Gasteiger partial charge >= 0.3 is 11.4 Å². The number of likely N-dealkylation sites (N-methyl/N-ethyl adjacent to an activating group) is 2. The number of nitrogens with one attached hydrogen (secondary N) is 2. The van der Waals surface area contributed by atoms with Crippen LogP contribution in [0.1, 0.15) is 89.2 Å². The standard InChI is InChI=1S/C36H61N7O13/c1-5-6-7-8-9-10-11-12-13-14-16-42-32(51)23(41(4)36(42)53)20(44)19-40(3)24(31(50)38-2)29(56-34-28(49)25(46)21(18-37)54-34)30-26(47)27(48)33(55-30)43-17-15-22(45)39-35(43)52/h15,17,20-21,24-30,33-34,44,46-49,51H,5-14,16,18-19,37H2,1-4H3,(H,38,50)(H,39,45,52)/t20-,21?,24-,25?,26?,27?,28?,29-,30?,33?,34?/m0/s1. The van der Waals surface area contributed by atoms with Crippen LogP contribution in [0.5, 0.6) is 5.88 Å². The molecule has 2 saturated heterocycles. The van der Waals surface area contributed by atoms with Crippen LogP contribution in [-0.4, -0.2) is 142 Å². The summed E-state index contributed by atoms with van der Waals surface area (Å²) in [7, 11) is 4.11. The zero-order valence-corrected chi connectivity index (χ0v) is 32.6. The van der Waals surface area contributed by atoms with Gasteiger partial charge in [-0.15, -0.1) is 0 Å². The van der Waals surface area contributed by atoms with Crippen molar-refractivity contribution >= 4 is 5.91 Å². The summed E-state index contributed by atoms with van der Waals surface area (Å²) >= 11 is 0. The molecular formula is C36H61N7O13. The molecule has 2 aromatic heterocycles. The van der Waals surface area contributed by atoms with E-state index in [9.17, 15) is 49.8 Å². The molecule has 0 aliphatic carbocycles. The zero-order valence-electron chi connectivity index (χ0n) is 32.6. The van der Waals surface area contributed by atoms with E-state index < -0.39 is 103 Å². The molecule has 0 bridgehead atoms. The smallest absolute Gasteiger partial charge is 0.331 e. The van der Waals surface area contributed by atoms with Gasteiger partial charge in [0.2, 0.25) is 11.8 Å². The SMILES string of the molecule is CCCCCCCCCCCCn1c(O)c([C@@H](O)CN(C)[C@H](C(=O)NC)[C@H](OC2OC(CN)C(O)C2O)C2OC(n3ccc(=O)[nH]c3=O)C(O)C2O)n(C)c1=O. The number of amides is 1. The second-order valence-electron chi connectivity index (χ2n) is 14.7. The number of aromatic nitrogens is 4. The number of carbonyl (C=O) groups excluding carboxylic acids is 1. The Morgan fingerprint density at radius 1 is 0.982 bits per heavy atom. The van der Waals surface area contributed by atoms with Gasteiger partial charge in [0.1, 0.15) is 60.6 Å². The first-order chi connectivity index (χ1) is 26.7. The van der Waals surface area contributed by atoms with E-state index in [1.807, 2.05) is 4.98 Å². The molecular weight excluding hydrogens is 738 g/mol. The highest BCUT2D eigenvalue weighted by molar-refractivity contribution is 5.82. The third-order valence-corrected chi connectivity index (χ3v) is 10.7. The Hall–Kier alpha value is -3.44. The van der Waals surface area contributed by atoms with Crippen molar-refractivity contribution in [2.75, 3.05) is 27.2 Å². The monoisotopic (exact) mass is 799 g/mol. The van der Waals surface area contributed by atoms with E-state index in [0.29, 0.717) is 6.42 Å². The number of unbranched alkanes of at least 4 members (excludes halogenated alkanes) is 9. The van der Waals surface area contributed by atoms with Crippen LogP contribution in [0.2, 0.25) is 0 Å². The number of aliphatic hydroxyl groups is 5. The first-order valence-electron chi connectivity index (χ1n) is 19.5. The summed E-state index contributed by atoms with van der Waals surface area (Å²) in [6.07, 6.45) is -4.13. The average Bonchev–Trinajstić information content (AvgIpc) is 3.69. The zero-order chi connectivity index (χ0) is 41.3. The van der Waals surface area contributed by atoms with Gasteiger partial charge in [-0.3, -0.25) is 33.2 Å². The number of H-pyrrole nitrogens is 1. The molecule has 4 heterocycles. The number of imidazole rings is 1. The van der Waals surface area contributed by atoms with Gasteiger partial charge in [-0.05, 0) is 13.5 Å². The molecule has 2 aliphatic heterocycles. The van der Waals surface area contributed by atoms with E-state index >= 15 is 0 Å². The Morgan fingerprint density at radius 2 is 1.61 bits per heavy atom. The molecule has 0 saturated carbocycles. The Bertz CT molecular complexity index is 1730. The number of hydrogen-bond donors (Lipinski definition) is 9. The summed E-state index contributed by atoms with van der Waals surface area (Å²) in [5.41, 5.74) is 3.34. The minimum absolute atomic E-state index is 0.115. The number of nitrogens with zero attached hydrogens (tertiary/aromatic N) is 4. The lowest BCUT2D eigenvalue weighted by molar-refractivity contribution is -0.233. The van der Waals surface area contributed by atoms with E-state index in [1.165, 1.54) is 62.7 Å². The van der Waals surface area contributed by atoms with Gasteiger partial charge in [-0.1, -0.05) is 64.7 Å². The molecule has 1 amide bonds. The number of nitrogens with two attached hydrogens (primary N) is 1. The molecule has 11 atom stereocenters. The molecule has 56 heavy (non-hydrogen) atoms. The Morgan fingerprint density at radius 3 is 2.18 bits per heavy atom. The second kappa shape index (κ2) is 20.8. The van der Waals surface area contributed by atoms with Crippen molar-refractivity contribution in [2.24, 2.45) is 12.8 Å². The molecule has 2 aliphatic rings. The van der Waals surface area contributed by atoms with Crippen LogP contribution in [0, 0.1) is 0 Å². The molecule has 10 N–H and O–H groups in total.